The molecule has 2 unspecified atom stereocenters. The Kier molecular flexibility index (Phi) is 2.68. The van der Waals surface area contributed by atoms with Crippen LogP contribution in [0.25, 0.3) is 0 Å². The van der Waals surface area contributed by atoms with Crippen LogP contribution < -0.4 is 5.32 Å². The average molecular weight is 200 g/mol. The highest BCUT2D eigenvalue weighted by atomic mass is 32.2. The summed E-state index contributed by atoms with van der Waals surface area (Å²) >= 11 is 3.65. The minimum Gasteiger partial charge on any atom is -0.300 e. The molecule has 0 saturated carbocycles. The Morgan fingerprint density at radius 1 is 1.67 bits per heavy atom. The molecule has 12 heavy (non-hydrogen) atoms. The fourth-order valence-corrected chi connectivity index (χ4v) is 3.16. The van der Waals surface area contributed by atoms with Crippen molar-refractivity contribution in [2.75, 3.05) is 6.54 Å². The van der Waals surface area contributed by atoms with Crippen LogP contribution in [0.4, 0.5) is 0 Å². The first-order valence-corrected chi connectivity index (χ1v) is 6.02. The van der Waals surface area contributed by atoms with Crippen LogP contribution >= 0.6 is 23.1 Å². The van der Waals surface area contributed by atoms with Gasteiger partial charge in [0, 0.05) is 10.6 Å². The maximum absolute atomic E-state index is 4.31. The van der Waals surface area contributed by atoms with Crippen LogP contribution in [-0.2, 0) is 0 Å². The zero-order valence-corrected chi connectivity index (χ0v) is 8.62. The van der Waals surface area contributed by atoms with Gasteiger partial charge in [-0.05, 0) is 13.0 Å². The predicted molar refractivity (Wildman–Crippen MR) is 54.5 cm³/mol. The second-order valence-corrected chi connectivity index (χ2v) is 5.25. The van der Waals surface area contributed by atoms with E-state index >= 15 is 0 Å². The SMILES string of the molecule is CC1CCNC(c2cscn2)S1. The molecular formula is C8H12N2S2. The molecule has 0 bridgehead atoms. The van der Waals surface area contributed by atoms with Crippen LogP contribution in [0.2, 0.25) is 0 Å². The molecular weight excluding hydrogens is 188 g/mol. The topological polar surface area (TPSA) is 24.9 Å². The molecule has 1 aromatic rings. The third-order valence-corrected chi connectivity index (χ3v) is 3.95. The van der Waals surface area contributed by atoms with E-state index in [0.717, 1.165) is 11.8 Å². The van der Waals surface area contributed by atoms with E-state index in [-0.39, 0.29) is 0 Å². The summed E-state index contributed by atoms with van der Waals surface area (Å²) in [6.45, 7) is 3.40. The lowest BCUT2D eigenvalue weighted by Crippen LogP contribution is -2.28. The van der Waals surface area contributed by atoms with E-state index in [9.17, 15) is 0 Å². The number of hydrogen-bond acceptors (Lipinski definition) is 4. The molecule has 66 valence electrons. The first kappa shape index (κ1) is 8.53. The fourth-order valence-electron chi connectivity index (χ4n) is 1.29. The van der Waals surface area contributed by atoms with Crippen molar-refractivity contribution in [1.82, 2.24) is 10.3 Å². The van der Waals surface area contributed by atoms with Crippen LogP contribution in [0.1, 0.15) is 24.4 Å². The van der Waals surface area contributed by atoms with Crippen LogP contribution in [0, 0.1) is 0 Å². The van der Waals surface area contributed by atoms with E-state index in [1.165, 1.54) is 12.1 Å². The van der Waals surface area contributed by atoms with Gasteiger partial charge in [0.25, 0.3) is 0 Å². The minimum atomic E-state index is 0.431. The molecule has 0 aromatic carbocycles. The van der Waals surface area contributed by atoms with Crippen LogP contribution in [0.3, 0.4) is 0 Å². The summed E-state index contributed by atoms with van der Waals surface area (Å²) in [5, 5.41) is 6.78. The molecule has 1 aromatic heterocycles. The van der Waals surface area contributed by atoms with Gasteiger partial charge in [0.05, 0.1) is 16.6 Å². The number of thioether (sulfide) groups is 1. The van der Waals surface area contributed by atoms with E-state index in [2.05, 4.69) is 22.6 Å². The zero-order valence-electron chi connectivity index (χ0n) is 6.99. The van der Waals surface area contributed by atoms with Crippen molar-refractivity contribution in [2.45, 2.75) is 24.0 Å². The van der Waals surface area contributed by atoms with Crippen molar-refractivity contribution < 1.29 is 0 Å². The summed E-state index contributed by atoms with van der Waals surface area (Å²) in [4.78, 5) is 4.31. The number of thiazole rings is 1. The van der Waals surface area contributed by atoms with Gasteiger partial charge in [0.1, 0.15) is 0 Å². The maximum atomic E-state index is 4.31. The van der Waals surface area contributed by atoms with Gasteiger partial charge >= 0.3 is 0 Å². The van der Waals surface area contributed by atoms with E-state index in [4.69, 9.17) is 0 Å². The molecule has 1 aliphatic heterocycles. The van der Waals surface area contributed by atoms with Crippen molar-refractivity contribution in [1.29, 1.82) is 0 Å². The van der Waals surface area contributed by atoms with Crippen LogP contribution in [-0.4, -0.2) is 16.8 Å². The number of nitrogens with zero attached hydrogens (tertiary/aromatic N) is 1. The minimum absolute atomic E-state index is 0.431. The third kappa shape index (κ3) is 1.81. The highest BCUT2D eigenvalue weighted by Gasteiger charge is 2.21. The molecule has 1 fully saturated rings. The van der Waals surface area contributed by atoms with E-state index < -0.39 is 0 Å². The number of aromatic nitrogens is 1. The summed E-state index contributed by atoms with van der Waals surface area (Å²) < 4.78 is 0. The van der Waals surface area contributed by atoms with Gasteiger partial charge in [-0.15, -0.1) is 23.1 Å². The fraction of sp³-hybridized carbons (Fsp3) is 0.625. The zero-order chi connectivity index (χ0) is 8.39. The largest absolute Gasteiger partial charge is 0.300 e. The van der Waals surface area contributed by atoms with Gasteiger partial charge in [-0.25, -0.2) is 4.98 Å². The highest BCUT2D eigenvalue weighted by Crippen LogP contribution is 2.33. The third-order valence-electron chi connectivity index (χ3n) is 1.97. The van der Waals surface area contributed by atoms with Gasteiger partial charge in [-0.3, -0.25) is 0 Å². The summed E-state index contributed by atoms with van der Waals surface area (Å²) in [5.41, 5.74) is 3.09. The van der Waals surface area contributed by atoms with Gasteiger partial charge in [0.2, 0.25) is 0 Å². The summed E-state index contributed by atoms with van der Waals surface area (Å²) in [6, 6.07) is 0. The van der Waals surface area contributed by atoms with E-state index in [1.807, 2.05) is 17.3 Å². The van der Waals surface area contributed by atoms with E-state index in [0.29, 0.717) is 5.37 Å². The summed E-state index contributed by atoms with van der Waals surface area (Å²) in [5.74, 6) is 0. The normalized spacial score (nSPS) is 30.4. The van der Waals surface area contributed by atoms with Crippen LogP contribution in [0.15, 0.2) is 10.9 Å². The molecule has 2 nitrogen and oxygen atoms in total. The molecule has 0 spiro atoms. The monoisotopic (exact) mass is 200 g/mol. The summed E-state index contributed by atoms with van der Waals surface area (Å²) in [6.07, 6.45) is 1.27. The number of rotatable bonds is 1. The highest BCUT2D eigenvalue weighted by molar-refractivity contribution is 8.00. The molecule has 2 rings (SSSR count). The van der Waals surface area contributed by atoms with Gasteiger partial charge in [-0.2, -0.15) is 0 Å². The second kappa shape index (κ2) is 3.77. The van der Waals surface area contributed by atoms with Crippen molar-refractivity contribution in [3.8, 4) is 0 Å². The molecule has 1 aliphatic rings. The van der Waals surface area contributed by atoms with Crippen molar-refractivity contribution in [2.24, 2.45) is 0 Å². The van der Waals surface area contributed by atoms with Gasteiger partial charge in [0.15, 0.2) is 0 Å². The Morgan fingerprint density at radius 2 is 2.58 bits per heavy atom. The molecule has 2 atom stereocenters. The Morgan fingerprint density at radius 3 is 3.25 bits per heavy atom. The Balaban J connectivity index is 2.04. The Bertz CT molecular complexity index is 235. The maximum Gasteiger partial charge on any atom is 0.0973 e. The smallest absolute Gasteiger partial charge is 0.0973 e. The summed E-state index contributed by atoms with van der Waals surface area (Å²) in [7, 11) is 0. The van der Waals surface area contributed by atoms with Crippen molar-refractivity contribution in [3.05, 3.63) is 16.6 Å². The quantitative estimate of drug-likeness (QED) is 0.752. The predicted octanol–water partition coefficient (Wildman–Crippen LogP) is 2.26. The molecule has 2 heterocycles. The number of nitrogens with one attached hydrogen (secondary N) is 1. The Hall–Kier alpha value is -0.0600. The lowest BCUT2D eigenvalue weighted by Gasteiger charge is -2.26. The van der Waals surface area contributed by atoms with Crippen LogP contribution in [0.5, 0.6) is 0 Å². The molecule has 0 radical (unpaired) electrons. The van der Waals surface area contributed by atoms with Gasteiger partial charge < -0.3 is 5.32 Å². The average Bonchev–Trinajstić information content (AvgIpc) is 2.56. The lowest BCUT2D eigenvalue weighted by atomic mass is 10.3. The molecule has 0 amide bonds. The van der Waals surface area contributed by atoms with Crippen molar-refractivity contribution >= 4 is 23.1 Å². The molecule has 1 N–H and O–H groups in total. The first-order chi connectivity index (χ1) is 5.86. The first-order valence-electron chi connectivity index (χ1n) is 4.13. The molecule has 4 heteroatoms. The van der Waals surface area contributed by atoms with Crippen molar-refractivity contribution in [3.63, 3.8) is 0 Å². The molecule has 1 saturated heterocycles. The second-order valence-electron chi connectivity index (χ2n) is 2.98. The molecule has 0 aliphatic carbocycles. The Labute approximate surface area is 80.8 Å². The van der Waals surface area contributed by atoms with Gasteiger partial charge in [-0.1, -0.05) is 6.92 Å². The lowest BCUT2D eigenvalue weighted by molar-refractivity contribution is 0.599. The number of hydrogen-bond donors (Lipinski definition) is 1. The van der Waals surface area contributed by atoms with E-state index in [1.54, 1.807) is 11.3 Å². The standard InChI is InChI=1S/C8H12N2S2/c1-6-2-3-9-8(12-6)7-4-11-5-10-7/h4-6,8-9H,2-3H2,1H3.